The van der Waals surface area contributed by atoms with Crippen molar-refractivity contribution in [1.82, 2.24) is 9.78 Å². The van der Waals surface area contributed by atoms with Crippen molar-refractivity contribution in [3.8, 4) is 16.9 Å². The van der Waals surface area contributed by atoms with Crippen LogP contribution in [0.3, 0.4) is 0 Å². The Hall–Kier alpha value is -3.47. The molecule has 4 aromatic rings. The van der Waals surface area contributed by atoms with E-state index in [9.17, 15) is 21.6 Å². The minimum atomic E-state index is -4.61. The molecule has 36 heavy (non-hydrogen) atoms. The number of alkyl halides is 3. The largest absolute Gasteiger partial charge is 0.435 e. The molecule has 0 aliphatic heterocycles. The predicted octanol–water partition coefficient (Wildman–Crippen LogP) is 5.09. The number of benzene rings is 3. The van der Waals surface area contributed by atoms with Gasteiger partial charge in [0.15, 0.2) is 5.69 Å². The highest BCUT2D eigenvalue weighted by Gasteiger charge is 2.35. The van der Waals surface area contributed by atoms with Crippen molar-refractivity contribution in [3.05, 3.63) is 102 Å². The third-order valence-corrected chi connectivity index (χ3v) is 6.09. The van der Waals surface area contributed by atoms with Gasteiger partial charge in [0.2, 0.25) is 10.0 Å². The molecule has 0 fully saturated rings. The third kappa shape index (κ3) is 7.27. The second-order valence-corrected chi connectivity index (χ2v) is 9.96. The van der Waals surface area contributed by atoms with Crippen molar-refractivity contribution < 1.29 is 21.6 Å². The first-order chi connectivity index (χ1) is 16.8. The molecule has 1 aromatic heterocycles. The van der Waals surface area contributed by atoms with Gasteiger partial charge in [-0.3, -0.25) is 0 Å². The molecular weight excluding hydrogens is 489 g/mol. The van der Waals surface area contributed by atoms with E-state index >= 15 is 0 Å². The summed E-state index contributed by atoms with van der Waals surface area (Å²) in [4.78, 5) is -0.138. The molecule has 0 aliphatic rings. The highest BCUT2D eigenvalue weighted by atomic mass is 32.2. The maximum Gasteiger partial charge on any atom is 0.435 e. The van der Waals surface area contributed by atoms with Gasteiger partial charge in [0.25, 0.3) is 0 Å². The normalized spacial score (nSPS) is 12.5. The molecule has 4 N–H and O–H groups in total. The topological polar surface area (TPSA) is 104 Å². The molecule has 0 spiro atoms. The molecule has 10 heteroatoms. The van der Waals surface area contributed by atoms with Gasteiger partial charge in [-0.2, -0.15) is 18.3 Å². The number of primary sulfonamides is 1. The fourth-order valence-electron chi connectivity index (χ4n) is 3.41. The smallest absolute Gasteiger partial charge is 0.328 e. The van der Waals surface area contributed by atoms with Gasteiger partial charge >= 0.3 is 6.18 Å². The fraction of sp³-hybridized carbons (Fsp3) is 0.192. The summed E-state index contributed by atoms with van der Waals surface area (Å²) in [6, 6.07) is 23.6. The van der Waals surface area contributed by atoms with Crippen LogP contribution in [0.5, 0.6) is 0 Å². The Labute approximate surface area is 208 Å². The van der Waals surface area contributed by atoms with Crippen LogP contribution < -0.4 is 10.9 Å². The summed E-state index contributed by atoms with van der Waals surface area (Å²) in [5, 5.41) is 8.70. The van der Waals surface area contributed by atoms with E-state index < -0.39 is 21.9 Å². The average Bonchev–Trinajstić information content (AvgIpc) is 3.26. The molecule has 0 amide bonds. The summed E-state index contributed by atoms with van der Waals surface area (Å²) >= 11 is 0. The van der Waals surface area contributed by atoms with E-state index in [1.165, 1.54) is 29.8 Å². The predicted molar refractivity (Wildman–Crippen MR) is 134 cm³/mol. The molecule has 6 nitrogen and oxygen atoms in total. The van der Waals surface area contributed by atoms with E-state index in [-0.39, 0.29) is 22.3 Å². The Kier molecular flexibility index (Phi) is 8.34. The Bertz CT molecular complexity index is 1380. The van der Waals surface area contributed by atoms with Gasteiger partial charge in [-0.05, 0) is 56.2 Å². The van der Waals surface area contributed by atoms with Crippen LogP contribution in [0.2, 0.25) is 0 Å². The van der Waals surface area contributed by atoms with Crippen molar-refractivity contribution in [2.45, 2.75) is 37.4 Å². The number of hydrogen-bond acceptors (Lipinski definition) is 4. The summed E-state index contributed by atoms with van der Waals surface area (Å²) in [7, 11) is -3.90. The second kappa shape index (κ2) is 11.1. The van der Waals surface area contributed by atoms with E-state index in [1.807, 2.05) is 32.0 Å². The van der Waals surface area contributed by atoms with Crippen molar-refractivity contribution in [2.75, 3.05) is 0 Å². The first kappa shape index (κ1) is 27.1. The van der Waals surface area contributed by atoms with Crippen molar-refractivity contribution in [3.63, 3.8) is 0 Å². The number of aromatic nitrogens is 2. The standard InChI is InChI=1S/C17H14F3N3O2S.C9H13N/c1-11-2-4-12(5-3-11)15-10-16(17(18,19)20)22-23(15)13-6-8-14(9-7-13)26(21,24)25;1-8(10)7-9-5-3-2-4-6-9/h2-10H,1H3,(H2,21,24,25);2-6,8H,7,10H2,1H3/t;8-/m.0/s1. The molecule has 190 valence electrons. The van der Waals surface area contributed by atoms with Crippen molar-refractivity contribution in [1.29, 1.82) is 0 Å². The summed E-state index contributed by atoms with van der Waals surface area (Å²) in [5.74, 6) is 0. The lowest BCUT2D eigenvalue weighted by Crippen LogP contribution is -2.17. The van der Waals surface area contributed by atoms with Crippen LogP contribution in [0.1, 0.15) is 23.7 Å². The van der Waals surface area contributed by atoms with Crippen molar-refractivity contribution >= 4 is 10.0 Å². The minimum Gasteiger partial charge on any atom is -0.328 e. The lowest BCUT2D eigenvalue weighted by atomic mass is 10.1. The monoisotopic (exact) mass is 516 g/mol. The van der Waals surface area contributed by atoms with Crippen LogP contribution in [0.4, 0.5) is 13.2 Å². The molecule has 0 bridgehead atoms. The first-order valence-corrected chi connectivity index (χ1v) is 12.6. The maximum absolute atomic E-state index is 13.1. The molecule has 0 aliphatic carbocycles. The zero-order chi connectivity index (χ0) is 26.5. The molecular formula is C26H27F3N4O2S. The van der Waals surface area contributed by atoms with Crippen molar-refractivity contribution in [2.24, 2.45) is 10.9 Å². The van der Waals surface area contributed by atoms with Gasteiger partial charge in [0.05, 0.1) is 16.3 Å². The summed E-state index contributed by atoms with van der Waals surface area (Å²) in [5.41, 5.74) is 7.94. The lowest BCUT2D eigenvalue weighted by Gasteiger charge is -2.09. The van der Waals surface area contributed by atoms with E-state index in [0.29, 0.717) is 5.56 Å². The number of hydrogen-bond donors (Lipinski definition) is 2. The molecule has 0 radical (unpaired) electrons. The summed E-state index contributed by atoms with van der Waals surface area (Å²) in [6.07, 6.45) is -3.63. The number of rotatable bonds is 5. The van der Waals surface area contributed by atoms with Crippen LogP contribution in [0.15, 0.2) is 89.8 Å². The zero-order valence-electron chi connectivity index (χ0n) is 19.8. The molecule has 4 rings (SSSR count). The highest BCUT2D eigenvalue weighted by Crippen LogP contribution is 2.33. The van der Waals surface area contributed by atoms with Gasteiger partial charge in [-0.15, -0.1) is 0 Å². The van der Waals surface area contributed by atoms with E-state index in [1.54, 1.807) is 24.3 Å². The number of sulfonamides is 1. The molecule has 0 unspecified atom stereocenters. The van der Waals surface area contributed by atoms with Gasteiger partial charge in [-0.25, -0.2) is 18.2 Å². The fourth-order valence-corrected chi connectivity index (χ4v) is 3.92. The van der Waals surface area contributed by atoms with Gasteiger partial charge in [0.1, 0.15) is 0 Å². The zero-order valence-corrected chi connectivity index (χ0v) is 20.6. The SMILES string of the molecule is C[C@H](N)Cc1ccccc1.Cc1ccc(-c2cc(C(F)(F)F)nn2-c2ccc(S(N)(=O)=O)cc2)cc1. The van der Waals surface area contributed by atoms with E-state index in [0.717, 1.165) is 22.7 Å². The quantitative estimate of drug-likeness (QED) is 0.386. The van der Waals surface area contributed by atoms with E-state index in [4.69, 9.17) is 10.9 Å². The molecule has 0 saturated heterocycles. The molecule has 3 aromatic carbocycles. The molecule has 0 saturated carbocycles. The average molecular weight is 517 g/mol. The van der Waals surface area contributed by atoms with Gasteiger partial charge in [0, 0.05) is 11.6 Å². The summed E-state index contributed by atoms with van der Waals surface area (Å²) < 4.78 is 63.2. The number of nitrogens with zero attached hydrogens (tertiary/aromatic N) is 2. The first-order valence-electron chi connectivity index (χ1n) is 11.0. The molecule has 1 heterocycles. The highest BCUT2D eigenvalue weighted by molar-refractivity contribution is 7.89. The van der Waals surface area contributed by atoms with Crippen LogP contribution in [0, 0.1) is 6.92 Å². The number of aryl methyl sites for hydroxylation is 1. The van der Waals surface area contributed by atoms with Crippen LogP contribution in [-0.4, -0.2) is 24.2 Å². The molecule has 1 atom stereocenters. The lowest BCUT2D eigenvalue weighted by molar-refractivity contribution is -0.141. The Morgan fingerprint density at radius 2 is 1.53 bits per heavy atom. The number of halogens is 3. The van der Waals surface area contributed by atoms with Gasteiger partial charge in [-0.1, -0.05) is 60.2 Å². The third-order valence-electron chi connectivity index (χ3n) is 5.16. The number of nitrogens with two attached hydrogens (primary N) is 2. The van der Waals surface area contributed by atoms with Gasteiger partial charge < -0.3 is 5.73 Å². The Balaban J connectivity index is 0.000000303. The summed E-state index contributed by atoms with van der Waals surface area (Å²) in [6.45, 7) is 3.89. The Morgan fingerprint density at radius 1 is 0.944 bits per heavy atom. The van der Waals surface area contributed by atoms with E-state index in [2.05, 4.69) is 17.2 Å². The van der Waals surface area contributed by atoms with Crippen LogP contribution in [0.25, 0.3) is 16.9 Å². The minimum absolute atomic E-state index is 0.138. The van der Waals surface area contributed by atoms with Crippen LogP contribution in [-0.2, 0) is 22.6 Å². The maximum atomic E-state index is 13.1. The Morgan fingerprint density at radius 3 is 2.03 bits per heavy atom. The van der Waals surface area contributed by atoms with Crippen LogP contribution >= 0.6 is 0 Å². The second-order valence-electron chi connectivity index (χ2n) is 8.40.